The van der Waals surface area contributed by atoms with E-state index >= 15 is 0 Å². The fourth-order valence-electron chi connectivity index (χ4n) is 4.61. The molecule has 0 radical (unpaired) electrons. The number of hydrogen-bond donors (Lipinski definition) is 1. The van der Waals surface area contributed by atoms with E-state index in [1.807, 2.05) is 37.3 Å². The van der Waals surface area contributed by atoms with Gasteiger partial charge < -0.3 is 15.0 Å². The van der Waals surface area contributed by atoms with E-state index in [9.17, 15) is 9.59 Å². The van der Waals surface area contributed by atoms with Crippen LogP contribution >= 0.6 is 23.2 Å². The number of carbonyl (C=O) groups excluding carboxylic acids is 2. The van der Waals surface area contributed by atoms with E-state index in [1.165, 1.54) is 6.42 Å². The first-order valence-corrected chi connectivity index (χ1v) is 13.3. The molecule has 1 fully saturated rings. The molecule has 0 saturated heterocycles. The third-order valence-electron chi connectivity index (χ3n) is 6.57. The predicted octanol–water partition coefficient (Wildman–Crippen LogP) is 6.75. The molecule has 5 nitrogen and oxygen atoms in total. The Morgan fingerprint density at radius 2 is 1.77 bits per heavy atom. The first-order chi connectivity index (χ1) is 16.8. The van der Waals surface area contributed by atoms with Gasteiger partial charge >= 0.3 is 0 Å². The molecule has 7 heteroatoms. The van der Waals surface area contributed by atoms with Crippen molar-refractivity contribution in [3.63, 3.8) is 0 Å². The second-order valence-electron chi connectivity index (χ2n) is 9.52. The van der Waals surface area contributed by atoms with Crippen LogP contribution < -0.4 is 10.1 Å². The van der Waals surface area contributed by atoms with Crippen molar-refractivity contribution in [3.05, 3.63) is 63.6 Å². The standard InChI is InChI=1S/C28H36Cl2N2O3/c1-4-25(28(34)31-21-10-6-5-7-11-21)32(17-20-14-15-23(29)24(30)16-20)27(33)18-35-26-13-9-8-12-22(26)19(2)3/h8-9,12-16,19,21,25H,4-7,10-11,17-18H2,1-3H3,(H,31,34). The summed E-state index contributed by atoms with van der Waals surface area (Å²) in [7, 11) is 0. The molecule has 0 spiro atoms. The molecule has 1 unspecified atom stereocenters. The smallest absolute Gasteiger partial charge is 0.261 e. The van der Waals surface area contributed by atoms with Crippen molar-refractivity contribution in [2.45, 2.75) is 83.8 Å². The lowest BCUT2D eigenvalue weighted by Crippen LogP contribution is -2.52. The van der Waals surface area contributed by atoms with E-state index in [0.29, 0.717) is 22.2 Å². The molecule has 1 saturated carbocycles. The van der Waals surface area contributed by atoms with Crippen molar-refractivity contribution < 1.29 is 14.3 Å². The Labute approximate surface area is 219 Å². The number of hydrogen-bond acceptors (Lipinski definition) is 3. The number of nitrogens with zero attached hydrogens (tertiary/aromatic N) is 1. The molecule has 1 aliphatic rings. The first-order valence-electron chi connectivity index (χ1n) is 12.6. The topological polar surface area (TPSA) is 58.6 Å². The lowest BCUT2D eigenvalue weighted by atomic mass is 9.95. The van der Waals surface area contributed by atoms with Gasteiger partial charge in [-0.25, -0.2) is 0 Å². The van der Waals surface area contributed by atoms with Crippen LogP contribution in [0.25, 0.3) is 0 Å². The fourth-order valence-corrected chi connectivity index (χ4v) is 4.93. The molecule has 190 valence electrons. The largest absolute Gasteiger partial charge is 0.483 e. The van der Waals surface area contributed by atoms with E-state index in [0.717, 1.165) is 36.8 Å². The second kappa shape index (κ2) is 13.2. The van der Waals surface area contributed by atoms with Crippen LogP contribution in [0.4, 0.5) is 0 Å². The molecule has 0 bridgehead atoms. The maximum atomic E-state index is 13.5. The highest BCUT2D eigenvalue weighted by Gasteiger charge is 2.31. The summed E-state index contributed by atoms with van der Waals surface area (Å²) in [4.78, 5) is 28.4. The van der Waals surface area contributed by atoms with Gasteiger partial charge in [0.15, 0.2) is 6.61 Å². The summed E-state index contributed by atoms with van der Waals surface area (Å²) in [6.07, 6.45) is 5.92. The zero-order chi connectivity index (χ0) is 25.4. The van der Waals surface area contributed by atoms with Gasteiger partial charge in [0.25, 0.3) is 5.91 Å². The maximum absolute atomic E-state index is 13.5. The number of amides is 2. The molecule has 35 heavy (non-hydrogen) atoms. The number of carbonyl (C=O) groups is 2. The van der Waals surface area contributed by atoms with Gasteiger partial charge in [-0.1, -0.05) is 87.5 Å². The summed E-state index contributed by atoms with van der Waals surface area (Å²) in [6.45, 7) is 6.18. The SMILES string of the molecule is CCC(C(=O)NC1CCCCC1)N(Cc1ccc(Cl)c(Cl)c1)C(=O)COc1ccccc1C(C)C. The van der Waals surface area contributed by atoms with Crippen molar-refractivity contribution in [1.29, 1.82) is 0 Å². The highest BCUT2D eigenvalue weighted by Crippen LogP contribution is 2.27. The van der Waals surface area contributed by atoms with Gasteiger partial charge in [-0.2, -0.15) is 0 Å². The summed E-state index contributed by atoms with van der Waals surface area (Å²) in [5.74, 6) is 0.582. The van der Waals surface area contributed by atoms with Crippen LogP contribution in [0.5, 0.6) is 5.75 Å². The van der Waals surface area contributed by atoms with Crippen molar-refractivity contribution in [2.24, 2.45) is 0 Å². The predicted molar refractivity (Wildman–Crippen MR) is 142 cm³/mol. The minimum Gasteiger partial charge on any atom is -0.483 e. The molecular formula is C28H36Cl2N2O3. The molecule has 2 aromatic carbocycles. The van der Waals surface area contributed by atoms with Crippen LogP contribution in [0.15, 0.2) is 42.5 Å². The van der Waals surface area contributed by atoms with E-state index < -0.39 is 6.04 Å². The molecule has 3 rings (SSSR count). The van der Waals surface area contributed by atoms with Crippen LogP contribution in [0.1, 0.15) is 76.3 Å². The third kappa shape index (κ3) is 7.62. The normalized spacial score (nSPS) is 15.0. The lowest BCUT2D eigenvalue weighted by Gasteiger charge is -2.33. The van der Waals surface area contributed by atoms with E-state index in [-0.39, 0.29) is 36.9 Å². The summed E-state index contributed by atoms with van der Waals surface area (Å²) in [5, 5.41) is 4.05. The van der Waals surface area contributed by atoms with E-state index in [2.05, 4.69) is 19.2 Å². The van der Waals surface area contributed by atoms with E-state index in [4.69, 9.17) is 27.9 Å². The lowest BCUT2D eigenvalue weighted by molar-refractivity contribution is -0.143. The Morgan fingerprint density at radius 3 is 2.43 bits per heavy atom. The van der Waals surface area contributed by atoms with Gasteiger partial charge in [0.1, 0.15) is 11.8 Å². The van der Waals surface area contributed by atoms with Gasteiger partial charge in [0.05, 0.1) is 10.0 Å². The number of rotatable bonds is 10. The number of ether oxygens (including phenoxy) is 1. The Balaban J connectivity index is 1.80. The first kappa shape index (κ1) is 27.3. The summed E-state index contributed by atoms with van der Waals surface area (Å²) < 4.78 is 5.98. The Bertz CT molecular complexity index is 1010. The van der Waals surface area contributed by atoms with Crippen molar-refractivity contribution >= 4 is 35.0 Å². The molecule has 0 aliphatic heterocycles. The van der Waals surface area contributed by atoms with Gasteiger partial charge in [-0.15, -0.1) is 0 Å². The molecule has 1 aliphatic carbocycles. The molecule has 1 atom stereocenters. The highest BCUT2D eigenvalue weighted by atomic mass is 35.5. The van der Waals surface area contributed by atoms with E-state index in [1.54, 1.807) is 17.0 Å². The van der Waals surface area contributed by atoms with Crippen LogP contribution in [0.2, 0.25) is 10.0 Å². The van der Waals surface area contributed by atoms with Crippen LogP contribution in [0, 0.1) is 0 Å². The molecule has 0 aromatic heterocycles. The third-order valence-corrected chi connectivity index (χ3v) is 7.31. The number of nitrogens with one attached hydrogen (secondary N) is 1. The zero-order valence-electron chi connectivity index (χ0n) is 20.9. The Morgan fingerprint density at radius 1 is 1.06 bits per heavy atom. The summed E-state index contributed by atoms with van der Waals surface area (Å²) in [5.41, 5.74) is 1.85. The monoisotopic (exact) mass is 518 g/mol. The highest BCUT2D eigenvalue weighted by molar-refractivity contribution is 6.42. The zero-order valence-corrected chi connectivity index (χ0v) is 22.4. The van der Waals surface area contributed by atoms with Crippen LogP contribution in [0.3, 0.4) is 0 Å². The average Bonchev–Trinajstić information content (AvgIpc) is 2.85. The van der Waals surface area contributed by atoms with Crippen LogP contribution in [-0.4, -0.2) is 35.4 Å². The van der Waals surface area contributed by atoms with Crippen molar-refractivity contribution in [1.82, 2.24) is 10.2 Å². The molecule has 2 aromatic rings. The van der Waals surface area contributed by atoms with Crippen LogP contribution in [-0.2, 0) is 16.1 Å². The molecule has 0 heterocycles. The molecule has 1 N–H and O–H groups in total. The minimum absolute atomic E-state index is 0.115. The maximum Gasteiger partial charge on any atom is 0.261 e. The second-order valence-corrected chi connectivity index (χ2v) is 10.3. The number of para-hydroxylation sites is 1. The van der Waals surface area contributed by atoms with Gasteiger partial charge in [-0.05, 0) is 54.5 Å². The summed E-state index contributed by atoms with van der Waals surface area (Å²) in [6, 6.07) is 12.6. The van der Waals surface area contributed by atoms with Gasteiger partial charge in [-0.3, -0.25) is 9.59 Å². The Kier molecular flexibility index (Phi) is 10.3. The number of halogens is 2. The minimum atomic E-state index is -0.608. The summed E-state index contributed by atoms with van der Waals surface area (Å²) >= 11 is 12.3. The van der Waals surface area contributed by atoms with Crippen molar-refractivity contribution in [2.75, 3.05) is 6.61 Å². The van der Waals surface area contributed by atoms with Crippen molar-refractivity contribution in [3.8, 4) is 5.75 Å². The fraction of sp³-hybridized carbons (Fsp3) is 0.500. The van der Waals surface area contributed by atoms with Gasteiger partial charge in [0, 0.05) is 12.6 Å². The molecule has 2 amide bonds. The Hall–Kier alpha value is -2.24. The van der Waals surface area contributed by atoms with Gasteiger partial charge in [0.2, 0.25) is 5.91 Å². The quantitative estimate of drug-likeness (QED) is 0.378. The average molecular weight is 520 g/mol. The molecular weight excluding hydrogens is 483 g/mol. The number of benzene rings is 2.